The number of aryl methyl sites for hydroxylation is 1. The van der Waals surface area contributed by atoms with E-state index in [0.717, 1.165) is 13.0 Å². The average Bonchev–Trinajstić information content (AvgIpc) is 2.76. The predicted octanol–water partition coefficient (Wildman–Crippen LogP) is 1.71. The molecule has 0 aliphatic heterocycles. The van der Waals surface area contributed by atoms with Gasteiger partial charge in [0.15, 0.2) is 0 Å². The highest BCUT2D eigenvalue weighted by Crippen LogP contribution is 2.09. The monoisotopic (exact) mass is 230 g/mol. The summed E-state index contributed by atoms with van der Waals surface area (Å²) in [7, 11) is 1.97. The molecule has 0 aromatic carbocycles. The molecule has 4 nitrogen and oxygen atoms in total. The number of nitrogens with zero attached hydrogens (tertiary/aromatic N) is 3. The number of pyridine rings is 1. The van der Waals surface area contributed by atoms with Gasteiger partial charge in [0, 0.05) is 50.3 Å². The summed E-state index contributed by atoms with van der Waals surface area (Å²) in [6.07, 6.45) is 6.48. The molecule has 0 aliphatic carbocycles. The summed E-state index contributed by atoms with van der Waals surface area (Å²) in [6.45, 7) is 3.11. The van der Waals surface area contributed by atoms with Crippen LogP contribution in [0.3, 0.4) is 0 Å². The van der Waals surface area contributed by atoms with Gasteiger partial charge in [-0.1, -0.05) is 0 Å². The normalized spacial score (nSPS) is 12.6. The maximum absolute atomic E-state index is 4.15. The molecule has 2 heterocycles. The van der Waals surface area contributed by atoms with Gasteiger partial charge in [-0.15, -0.1) is 0 Å². The molecule has 0 saturated carbocycles. The number of nitrogens with one attached hydrogen (secondary N) is 1. The van der Waals surface area contributed by atoms with Gasteiger partial charge in [-0.2, -0.15) is 5.10 Å². The SMILES string of the molecule is C[C@H](NCCc1ccnn1C)c1ccncc1. The highest BCUT2D eigenvalue weighted by molar-refractivity contribution is 5.14. The van der Waals surface area contributed by atoms with Crippen LogP contribution in [0.25, 0.3) is 0 Å². The summed E-state index contributed by atoms with van der Waals surface area (Å²) < 4.78 is 1.92. The first-order valence-electron chi connectivity index (χ1n) is 5.87. The fourth-order valence-electron chi connectivity index (χ4n) is 1.83. The first kappa shape index (κ1) is 11.8. The van der Waals surface area contributed by atoms with Crippen LogP contribution in [-0.2, 0) is 13.5 Å². The molecule has 0 aliphatic rings. The van der Waals surface area contributed by atoms with E-state index in [2.05, 4.69) is 28.4 Å². The van der Waals surface area contributed by atoms with E-state index in [0.29, 0.717) is 6.04 Å². The molecule has 2 aromatic heterocycles. The summed E-state index contributed by atoms with van der Waals surface area (Å²) in [6, 6.07) is 6.49. The fraction of sp³-hybridized carbons (Fsp3) is 0.385. The van der Waals surface area contributed by atoms with E-state index in [4.69, 9.17) is 0 Å². The first-order valence-corrected chi connectivity index (χ1v) is 5.87. The third kappa shape index (κ3) is 3.14. The Hall–Kier alpha value is -1.68. The Kier molecular flexibility index (Phi) is 3.88. The minimum Gasteiger partial charge on any atom is -0.310 e. The van der Waals surface area contributed by atoms with Crippen molar-refractivity contribution in [3.8, 4) is 0 Å². The van der Waals surface area contributed by atoms with Crippen molar-refractivity contribution >= 4 is 0 Å². The van der Waals surface area contributed by atoms with Crippen molar-refractivity contribution in [1.29, 1.82) is 0 Å². The van der Waals surface area contributed by atoms with Gasteiger partial charge in [0.25, 0.3) is 0 Å². The van der Waals surface area contributed by atoms with Gasteiger partial charge < -0.3 is 5.32 Å². The molecule has 0 spiro atoms. The van der Waals surface area contributed by atoms with Crippen LogP contribution in [-0.4, -0.2) is 21.3 Å². The lowest BCUT2D eigenvalue weighted by molar-refractivity contribution is 0.563. The minimum absolute atomic E-state index is 0.353. The third-order valence-corrected chi connectivity index (χ3v) is 2.96. The van der Waals surface area contributed by atoms with Crippen molar-refractivity contribution in [2.75, 3.05) is 6.54 Å². The van der Waals surface area contributed by atoms with Gasteiger partial charge in [-0.3, -0.25) is 9.67 Å². The standard InChI is InChI=1S/C13H18N4/c1-11(12-3-7-14-8-4-12)15-9-5-13-6-10-16-17(13)2/h3-4,6-8,10-11,15H,5,9H2,1-2H3/t11-/m0/s1. The van der Waals surface area contributed by atoms with Gasteiger partial charge in [-0.25, -0.2) is 0 Å². The average molecular weight is 230 g/mol. The second-order valence-corrected chi connectivity index (χ2v) is 4.15. The predicted molar refractivity (Wildman–Crippen MR) is 67.6 cm³/mol. The van der Waals surface area contributed by atoms with Crippen molar-refractivity contribution in [3.63, 3.8) is 0 Å². The highest BCUT2D eigenvalue weighted by Gasteiger charge is 2.04. The maximum atomic E-state index is 4.15. The van der Waals surface area contributed by atoms with E-state index in [1.165, 1.54) is 11.3 Å². The second kappa shape index (κ2) is 5.59. The summed E-state index contributed by atoms with van der Waals surface area (Å²) in [5.74, 6) is 0. The fourth-order valence-corrected chi connectivity index (χ4v) is 1.83. The Balaban J connectivity index is 1.81. The van der Waals surface area contributed by atoms with Crippen LogP contribution in [0.15, 0.2) is 36.8 Å². The summed E-state index contributed by atoms with van der Waals surface area (Å²) in [5.41, 5.74) is 2.52. The van der Waals surface area contributed by atoms with E-state index in [-0.39, 0.29) is 0 Å². The van der Waals surface area contributed by atoms with Crippen molar-refractivity contribution in [2.45, 2.75) is 19.4 Å². The number of hydrogen-bond donors (Lipinski definition) is 1. The van der Waals surface area contributed by atoms with Crippen molar-refractivity contribution in [2.24, 2.45) is 7.05 Å². The topological polar surface area (TPSA) is 42.7 Å². The number of rotatable bonds is 5. The maximum Gasteiger partial charge on any atom is 0.0492 e. The number of aromatic nitrogens is 3. The van der Waals surface area contributed by atoms with Crippen molar-refractivity contribution in [3.05, 3.63) is 48.0 Å². The van der Waals surface area contributed by atoms with Crippen LogP contribution in [0.5, 0.6) is 0 Å². The van der Waals surface area contributed by atoms with Crippen LogP contribution < -0.4 is 5.32 Å². The van der Waals surface area contributed by atoms with Gasteiger partial charge in [-0.05, 0) is 30.7 Å². The molecule has 0 bridgehead atoms. The minimum atomic E-state index is 0.353. The van der Waals surface area contributed by atoms with Crippen molar-refractivity contribution in [1.82, 2.24) is 20.1 Å². The lowest BCUT2D eigenvalue weighted by Crippen LogP contribution is -2.22. The highest BCUT2D eigenvalue weighted by atomic mass is 15.3. The van der Waals surface area contributed by atoms with Crippen LogP contribution in [0.2, 0.25) is 0 Å². The molecule has 0 saturated heterocycles. The molecule has 2 aromatic rings. The molecular formula is C13H18N4. The van der Waals surface area contributed by atoms with Gasteiger partial charge in [0.1, 0.15) is 0 Å². The molecule has 0 unspecified atom stereocenters. The molecule has 1 atom stereocenters. The van der Waals surface area contributed by atoms with E-state index in [1.54, 1.807) is 0 Å². The van der Waals surface area contributed by atoms with Gasteiger partial charge in [0.05, 0.1) is 0 Å². The number of hydrogen-bond acceptors (Lipinski definition) is 3. The van der Waals surface area contributed by atoms with Gasteiger partial charge in [0.2, 0.25) is 0 Å². The molecule has 0 radical (unpaired) electrons. The Morgan fingerprint density at radius 2 is 2.00 bits per heavy atom. The quantitative estimate of drug-likeness (QED) is 0.850. The molecule has 1 N–H and O–H groups in total. The van der Waals surface area contributed by atoms with E-state index >= 15 is 0 Å². The van der Waals surface area contributed by atoms with Crippen molar-refractivity contribution < 1.29 is 0 Å². The van der Waals surface area contributed by atoms with Crippen LogP contribution in [0, 0.1) is 0 Å². The Morgan fingerprint density at radius 3 is 2.65 bits per heavy atom. The Labute approximate surface area is 102 Å². The van der Waals surface area contributed by atoms with Gasteiger partial charge >= 0.3 is 0 Å². The third-order valence-electron chi connectivity index (χ3n) is 2.96. The molecule has 0 fully saturated rings. The zero-order valence-corrected chi connectivity index (χ0v) is 10.3. The largest absolute Gasteiger partial charge is 0.310 e. The lowest BCUT2D eigenvalue weighted by Gasteiger charge is -2.13. The van der Waals surface area contributed by atoms with E-state index in [1.807, 2.05) is 42.5 Å². The van der Waals surface area contributed by atoms with Crippen LogP contribution in [0.4, 0.5) is 0 Å². The van der Waals surface area contributed by atoms with E-state index in [9.17, 15) is 0 Å². The zero-order chi connectivity index (χ0) is 12.1. The molecule has 17 heavy (non-hydrogen) atoms. The molecule has 0 amide bonds. The summed E-state index contributed by atoms with van der Waals surface area (Å²) >= 11 is 0. The molecular weight excluding hydrogens is 212 g/mol. The molecule has 2 rings (SSSR count). The second-order valence-electron chi connectivity index (χ2n) is 4.15. The van der Waals surface area contributed by atoms with E-state index < -0.39 is 0 Å². The zero-order valence-electron chi connectivity index (χ0n) is 10.3. The summed E-state index contributed by atoms with van der Waals surface area (Å²) in [4.78, 5) is 4.02. The Bertz CT molecular complexity index is 449. The molecule has 90 valence electrons. The smallest absolute Gasteiger partial charge is 0.0492 e. The summed E-state index contributed by atoms with van der Waals surface area (Å²) in [5, 5.41) is 7.65. The van der Waals surface area contributed by atoms with Crippen LogP contribution in [0.1, 0.15) is 24.2 Å². The molecule has 4 heteroatoms. The van der Waals surface area contributed by atoms with Crippen LogP contribution >= 0.6 is 0 Å². The first-order chi connectivity index (χ1) is 8.27. The Morgan fingerprint density at radius 1 is 1.24 bits per heavy atom. The lowest BCUT2D eigenvalue weighted by atomic mass is 10.1.